The fraction of sp³-hybridized carbons (Fsp3) is 0.400. The van der Waals surface area contributed by atoms with Crippen LogP contribution in [0.2, 0.25) is 0 Å². The molecule has 6 nitrogen and oxygen atoms in total. The second-order valence-corrected chi connectivity index (χ2v) is 5.37. The monoisotopic (exact) mass is 285 g/mol. The Hall–Kier alpha value is -2.21. The van der Waals surface area contributed by atoms with E-state index in [1.54, 1.807) is 17.1 Å². The first kappa shape index (κ1) is 13.8. The van der Waals surface area contributed by atoms with E-state index in [1.165, 1.54) is 0 Å². The number of rotatable bonds is 3. The van der Waals surface area contributed by atoms with Gasteiger partial charge in [-0.1, -0.05) is 17.3 Å². The lowest BCUT2D eigenvalue weighted by Gasteiger charge is -2.32. The summed E-state index contributed by atoms with van der Waals surface area (Å²) in [6.07, 6.45) is 3.90. The molecule has 2 aromatic rings. The lowest BCUT2D eigenvalue weighted by Crippen LogP contribution is -2.47. The largest absolute Gasteiger partial charge is 0.340 e. The van der Waals surface area contributed by atoms with Gasteiger partial charge < -0.3 is 9.80 Å². The summed E-state index contributed by atoms with van der Waals surface area (Å²) in [5, 5.41) is 7.73. The van der Waals surface area contributed by atoms with E-state index in [4.69, 9.17) is 0 Å². The molecule has 1 saturated heterocycles. The fourth-order valence-electron chi connectivity index (χ4n) is 2.45. The van der Waals surface area contributed by atoms with Crippen LogP contribution in [0, 0.1) is 0 Å². The van der Waals surface area contributed by atoms with E-state index in [1.807, 2.05) is 29.2 Å². The number of aromatic nitrogens is 3. The summed E-state index contributed by atoms with van der Waals surface area (Å²) in [4.78, 5) is 16.5. The van der Waals surface area contributed by atoms with Gasteiger partial charge in [0.25, 0.3) is 0 Å². The minimum absolute atomic E-state index is 0.205. The Morgan fingerprint density at radius 3 is 2.48 bits per heavy atom. The molecule has 1 aromatic heterocycles. The standard InChI is InChI=1S/C15H19N5O/c1-18-8-10-19(11-9-18)15(21)12-13-2-4-14(5-3-13)20-7-6-16-17-20/h2-7H,8-12H2,1H3. The molecule has 0 atom stereocenters. The highest BCUT2D eigenvalue weighted by Gasteiger charge is 2.18. The molecule has 2 heterocycles. The number of piperazine rings is 1. The predicted octanol–water partition coefficient (Wildman–Crippen LogP) is 0.584. The van der Waals surface area contributed by atoms with Gasteiger partial charge in [0.05, 0.1) is 24.5 Å². The summed E-state index contributed by atoms with van der Waals surface area (Å²) >= 11 is 0. The number of carbonyl (C=O) groups is 1. The molecular weight excluding hydrogens is 266 g/mol. The van der Waals surface area contributed by atoms with Crippen LogP contribution in [0.15, 0.2) is 36.7 Å². The van der Waals surface area contributed by atoms with Gasteiger partial charge in [-0.2, -0.15) is 0 Å². The van der Waals surface area contributed by atoms with E-state index in [2.05, 4.69) is 22.3 Å². The van der Waals surface area contributed by atoms with Crippen molar-refractivity contribution in [2.24, 2.45) is 0 Å². The third-order valence-corrected chi connectivity index (χ3v) is 3.83. The SMILES string of the molecule is CN1CCN(C(=O)Cc2ccc(-n3ccnn3)cc2)CC1. The highest BCUT2D eigenvalue weighted by Crippen LogP contribution is 2.10. The summed E-state index contributed by atoms with van der Waals surface area (Å²) < 4.78 is 1.70. The zero-order chi connectivity index (χ0) is 14.7. The van der Waals surface area contributed by atoms with Crippen LogP contribution in [0.5, 0.6) is 0 Å². The molecule has 0 bridgehead atoms. The Bertz CT molecular complexity index is 585. The van der Waals surface area contributed by atoms with Gasteiger partial charge in [0.1, 0.15) is 0 Å². The predicted molar refractivity (Wildman–Crippen MR) is 79.1 cm³/mol. The lowest BCUT2D eigenvalue weighted by atomic mass is 10.1. The van der Waals surface area contributed by atoms with E-state index < -0.39 is 0 Å². The van der Waals surface area contributed by atoms with Crippen LogP contribution < -0.4 is 0 Å². The van der Waals surface area contributed by atoms with Crippen LogP contribution in [-0.4, -0.2) is 63.9 Å². The Labute approximate surface area is 124 Å². The molecule has 110 valence electrons. The van der Waals surface area contributed by atoms with Crippen LogP contribution >= 0.6 is 0 Å². The number of likely N-dealkylation sites (N-methyl/N-ethyl adjacent to an activating group) is 1. The number of carbonyl (C=O) groups excluding carboxylic acids is 1. The van der Waals surface area contributed by atoms with E-state index in [9.17, 15) is 4.79 Å². The maximum atomic E-state index is 12.3. The molecule has 0 radical (unpaired) electrons. The molecular formula is C15H19N5O. The molecule has 1 fully saturated rings. The molecule has 0 N–H and O–H groups in total. The van der Waals surface area contributed by atoms with Crippen LogP contribution in [0.3, 0.4) is 0 Å². The Morgan fingerprint density at radius 2 is 1.86 bits per heavy atom. The molecule has 1 aromatic carbocycles. The second-order valence-electron chi connectivity index (χ2n) is 5.37. The highest BCUT2D eigenvalue weighted by atomic mass is 16.2. The van der Waals surface area contributed by atoms with Crippen molar-refractivity contribution < 1.29 is 4.79 Å². The Kier molecular flexibility index (Phi) is 3.96. The van der Waals surface area contributed by atoms with E-state index in [0.717, 1.165) is 37.4 Å². The van der Waals surface area contributed by atoms with Crippen LogP contribution in [0.1, 0.15) is 5.56 Å². The number of hydrogen-bond donors (Lipinski definition) is 0. The second kappa shape index (κ2) is 6.05. The van der Waals surface area contributed by atoms with Crippen molar-refractivity contribution >= 4 is 5.91 Å². The Balaban J connectivity index is 1.61. The molecule has 0 spiro atoms. The van der Waals surface area contributed by atoms with Gasteiger partial charge in [-0.3, -0.25) is 4.79 Å². The molecule has 0 aliphatic carbocycles. The average Bonchev–Trinajstić information content (AvgIpc) is 3.03. The van der Waals surface area contributed by atoms with Crippen molar-refractivity contribution in [1.82, 2.24) is 24.8 Å². The third-order valence-electron chi connectivity index (χ3n) is 3.83. The van der Waals surface area contributed by atoms with Crippen LogP contribution in [-0.2, 0) is 11.2 Å². The first-order valence-electron chi connectivity index (χ1n) is 7.14. The van der Waals surface area contributed by atoms with Crippen molar-refractivity contribution in [1.29, 1.82) is 0 Å². The molecule has 0 unspecified atom stereocenters. The van der Waals surface area contributed by atoms with Crippen molar-refractivity contribution in [3.63, 3.8) is 0 Å². The van der Waals surface area contributed by atoms with E-state index in [0.29, 0.717) is 6.42 Å². The molecule has 1 aliphatic rings. The molecule has 0 saturated carbocycles. The smallest absolute Gasteiger partial charge is 0.227 e. The van der Waals surface area contributed by atoms with E-state index >= 15 is 0 Å². The summed E-state index contributed by atoms with van der Waals surface area (Å²) in [5.74, 6) is 0.205. The van der Waals surface area contributed by atoms with Gasteiger partial charge >= 0.3 is 0 Å². The van der Waals surface area contributed by atoms with Crippen LogP contribution in [0.4, 0.5) is 0 Å². The lowest BCUT2D eigenvalue weighted by molar-refractivity contribution is -0.132. The van der Waals surface area contributed by atoms with Gasteiger partial charge in [-0.05, 0) is 24.7 Å². The zero-order valence-corrected chi connectivity index (χ0v) is 12.1. The quantitative estimate of drug-likeness (QED) is 0.828. The van der Waals surface area contributed by atoms with E-state index in [-0.39, 0.29) is 5.91 Å². The van der Waals surface area contributed by atoms with Gasteiger partial charge in [-0.25, -0.2) is 4.68 Å². The van der Waals surface area contributed by atoms with Crippen molar-refractivity contribution in [3.05, 3.63) is 42.2 Å². The maximum Gasteiger partial charge on any atom is 0.227 e. The molecule has 1 amide bonds. The van der Waals surface area contributed by atoms with Gasteiger partial charge in [0.15, 0.2) is 0 Å². The van der Waals surface area contributed by atoms with Crippen molar-refractivity contribution in [3.8, 4) is 5.69 Å². The average molecular weight is 285 g/mol. The number of amides is 1. The minimum Gasteiger partial charge on any atom is -0.340 e. The van der Waals surface area contributed by atoms with Gasteiger partial charge in [-0.15, -0.1) is 5.10 Å². The number of benzene rings is 1. The van der Waals surface area contributed by atoms with Crippen molar-refractivity contribution in [2.75, 3.05) is 33.2 Å². The topological polar surface area (TPSA) is 54.3 Å². The molecule has 3 rings (SSSR count). The third kappa shape index (κ3) is 3.28. The Morgan fingerprint density at radius 1 is 1.14 bits per heavy atom. The molecule has 1 aliphatic heterocycles. The van der Waals surface area contributed by atoms with Crippen LogP contribution in [0.25, 0.3) is 5.69 Å². The normalized spacial score (nSPS) is 16.1. The first-order valence-corrected chi connectivity index (χ1v) is 7.14. The van der Waals surface area contributed by atoms with Gasteiger partial charge in [0, 0.05) is 26.2 Å². The number of nitrogens with zero attached hydrogens (tertiary/aromatic N) is 5. The van der Waals surface area contributed by atoms with Crippen molar-refractivity contribution in [2.45, 2.75) is 6.42 Å². The maximum absolute atomic E-state index is 12.3. The summed E-state index contributed by atoms with van der Waals surface area (Å²) in [6, 6.07) is 7.87. The minimum atomic E-state index is 0.205. The summed E-state index contributed by atoms with van der Waals surface area (Å²) in [6.45, 7) is 3.56. The fourth-order valence-corrected chi connectivity index (χ4v) is 2.45. The summed E-state index contributed by atoms with van der Waals surface area (Å²) in [7, 11) is 2.09. The van der Waals surface area contributed by atoms with Gasteiger partial charge in [0.2, 0.25) is 5.91 Å². The summed E-state index contributed by atoms with van der Waals surface area (Å²) in [5.41, 5.74) is 1.98. The zero-order valence-electron chi connectivity index (χ0n) is 12.1. The highest BCUT2D eigenvalue weighted by molar-refractivity contribution is 5.79. The first-order chi connectivity index (χ1) is 10.2. The number of hydrogen-bond acceptors (Lipinski definition) is 4. The molecule has 6 heteroatoms. The molecule has 21 heavy (non-hydrogen) atoms.